The van der Waals surface area contributed by atoms with Crippen LogP contribution >= 0.6 is 0 Å². The maximum absolute atomic E-state index is 12.8. The highest BCUT2D eigenvalue weighted by Gasteiger charge is 2.35. The van der Waals surface area contributed by atoms with Crippen molar-refractivity contribution in [2.75, 3.05) is 26.2 Å². The van der Waals surface area contributed by atoms with E-state index < -0.39 is 10.0 Å². The standard InChI is InChI=1S/C20H26FN3O5S/c1-14-19(15(2)29-23-14)30(26,27)24-11-8-16(9-12-24)20(25)22-10-3-13-28-18-6-4-17(21)5-7-18/h4-7,16H,3,8-13H2,1-2H3,(H,22,25). The number of hydrogen-bond donors (Lipinski definition) is 1. The van der Waals surface area contributed by atoms with Crippen molar-refractivity contribution in [1.82, 2.24) is 14.8 Å². The van der Waals surface area contributed by atoms with Crippen molar-refractivity contribution in [3.8, 4) is 5.75 Å². The summed E-state index contributed by atoms with van der Waals surface area (Å²) in [5, 5.41) is 6.60. The monoisotopic (exact) mass is 439 g/mol. The van der Waals surface area contributed by atoms with Crippen LogP contribution in [0.2, 0.25) is 0 Å². The summed E-state index contributed by atoms with van der Waals surface area (Å²) in [4.78, 5) is 12.5. The SMILES string of the molecule is Cc1noc(C)c1S(=O)(=O)N1CCC(C(=O)NCCCOc2ccc(F)cc2)CC1. The molecular formula is C20H26FN3O5S. The first-order chi connectivity index (χ1) is 14.3. The zero-order chi connectivity index (χ0) is 21.7. The van der Waals surface area contributed by atoms with Crippen LogP contribution in [0.5, 0.6) is 5.75 Å². The largest absolute Gasteiger partial charge is 0.494 e. The second-order valence-corrected chi connectivity index (χ2v) is 9.15. The van der Waals surface area contributed by atoms with E-state index in [2.05, 4.69) is 10.5 Å². The average molecular weight is 440 g/mol. The second kappa shape index (κ2) is 9.57. The fourth-order valence-corrected chi connectivity index (χ4v) is 5.24. The molecule has 2 aromatic rings. The summed E-state index contributed by atoms with van der Waals surface area (Å²) in [6, 6.07) is 5.77. The van der Waals surface area contributed by atoms with E-state index in [0.717, 1.165) is 0 Å². The van der Waals surface area contributed by atoms with Crippen molar-refractivity contribution in [2.24, 2.45) is 5.92 Å². The summed E-state index contributed by atoms with van der Waals surface area (Å²) in [6.45, 7) is 4.59. The molecule has 0 radical (unpaired) electrons. The number of carbonyl (C=O) groups excluding carboxylic acids is 1. The van der Waals surface area contributed by atoms with Gasteiger partial charge in [-0.25, -0.2) is 12.8 Å². The van der Waals surface area contributed by atoms with Crippen LogP contribution in [0.15, 0.2) is 33.7 Å². The van der Waals surface area contributed by atoms with Gasteiger partial charge in [-0.2, -0.15) is 4.31 Å². The van der Waals surface area contributed by atoms with Crippen molar-refractivity contribution in [3.05, 3.63) is 41.5 Å². The Balaban J connectivity index is 1.40. The first-order valence-electron chi connectivity index (χ1n) is 9.88. The maximum Gasteiger partial charge on any atom is 0.248 e. The molecule has 0 unspecified atom stereocenters. The molecule has 1 N–H and O–H groups in total. The molecular weight excluding hydrogens is 413 g/mol. The number of nitrogens with zero attached hydrogens (tertiary/aromatic N) is 2. The summed E-state index contributed by atoms with van der Waals surface area (Å²) in [7, 11) is -3.68. The molecule has 8 nitrogen and oxygen atoms in total. The average Bonchev–Trinajstić information content (AvgIpc) is 3.08. The zero-order valence-corrected chi connectivity index (χ0v) is 17.9. The molecule has 0 aliphatic carbocycles. The van der Waals surface area contributed by atoms with Gasteiger partial charge in [0.15, 0.2) is 5.76 Å². The van der Waals surface area contributed by atoms with Crippen LogP contribution in [-0.2, 0) is 14.8 Å². The predicted molar refractivity (Wildman–Crippen MR) is 107 cm³/mol. The number of benzene rings is 1. The lowest BCUT2D eigenvalue weighted by Crippen LogP contribution is -2.43. The number of rotatable bonds is 8. The Labute approximate surface area is 175 Å². The van der Waals surface area contributed by atoms with E-state index in [9.17, 15) is 17.6 Å². The number of hydrogen-bond acceptors (Lipinski definition) is 6. The summed E-state index contributed by atoms with van der Waals surface area (Å²) >= 11 is 0. The predicted octanol–water partition coefficient (Wildman–Crippen LogP) is 2.42. The minimum absolute atomic E-state index is 0.0776. The van der Waals surface area contributed by atoms with E-state index in [-0.39, 0.29) is 41.4 Å². The lowest BCUT2D eigenvalue weighted by atomic mass is 9.97. The Bertz CT molecular complexity index is 947. The van der Waals surface area contributed by atoms with E-state index in [1.807, 2.05) is 0 Å². The minimum Gasteiger partial charge on any atom is -0.494 e. The van der Waals surface area contributed by atoms with Crippen LogP contribution in [0.1, 0.15) is 30.7 Å². The second-order valence-electron chi connectivity index (χ2n) is 7.28. The first-order valence-corrected chi connectivity index (χ1v) is 11.3. The topological polar surface area (TPSA) is 102 Å². The lowest BCUT2D eigenvalue weighted by molar-refractivity contribution is -0.126. The number of halogens is 1. The van der Waals surface area contributed by atoms with Crippen LogP contribution in [0.3, 0.4) is 0 Å². The van der Waals surface area contributed by atoms with Gasteiger partial charge in [0.1, 0.15) is 22.2 Å². The van der Waals surface area contributed by atoms with E-state index in [4.69, 9.17) is 9.26 Å². The molecule has 164 valence electrons. The Hall–Kier alpha value is -2.46. The number of nitrogens with one attached hydrogen (secondary N) is 1. The Morgan fingerprint density at radius 2 is 1.93 bits per heavy atom. The van der Waals surface area contributed by atoms with E-state index in [0.29, 0.717) is 43.9 Å². The highest BCUT2D eigenvalue weighted by molar-refractivity contribution is 7.89. The normalized spacial score (nSPS) is 15.8. The fourth-order valence-electron chi connectivity index (χ4n) is 3.48. The van der Waals surface area contributed by atoms with Crippen molar-refractivity contribution in [2.45, 2.75) is 38.0 Å². The van der Waals surface area contributed by atoms with Crippen LogP contribution in [-0.4, -0.2) is 50.0 Å². The maximum atomic E-state index is 12.8. The number of aryl methyl sites for hydroxylation is 2. The van der Waals surface area contributed by atoms with Crippen LogP contribution in [0.25, 0.3) is 0 Å². The Kier molecular flexibility index (Phi) is 7.09. The highest BCUT2D eigenvalue weighted by atomic mass is 32.2. The summed E-state index contributed by atoms with van der Waals surface area (Å²) in [5.41, 5.74) is 0.343. The highest BCUT2D eigenvalue weighted by Crippen LogP contribution is 2.27. The summed E-state index contributed by atoms with van der Waals surface area (Å²) in [6.07, 6.45) is 1.53. The number of piperidine rings is 1. The van der Waals surface area contributed by atoms with Crippen molar-refractivity contribution in [3.63, 3.8) is 0 Å². The lowest BCUT2D eigenvalue weighted by Gasteiger charge is -2.30. The van der Waals surface area contributed by atoms with Gasteiger partial charge in [0.05, 0.1) is 6.61 Å². The van der Waals surface area contributed by atoms with Gasteiger partial charge in [-0.3, -0.25) is 4.79 Å². The van der Waals surface area contributed by atoms with Crippen LogP contribution in [0, 0.1) is 25.6 Å². The van der Waals surface area contributed by atoms with Gasteiger partial charge in [0.25, 0.3) is 0 Å². The van der Waals surface area contributed by atoms with Crippen LogP contribution < -0.4 is 10.1 Å². The van der Waals surface area contributed by atoms with Crippen LogP contribution in [0.4, 0.5) is 4.39 Å². The molecule has 0 spiro atoms. The van der Waals surface area contributed by atoms with Crippen molar-refractivity contribution >= 4 is 15.9 Å². The molecule has 2 heterocycles. The molecule has 30 heavy (non-hydrogen) atoms. The molecule has 0 atom stereocenters. The molecule has 1 aliphatic heterocycles. The van der Waals surface area contributed by atoms with E-state index >= 15 is 0 Å². The number of sulfonamides is 1. The van der Waals surface area contributed by atoms with Gasteiger partial charge in [-0.05, 0) is 57.4 Å². The molecule has 1 aliphatic rings. The zero-order valence-electron chi connectivity index (χ0n) is 17.1. The molecule has 1 aromatic heterocycles. The molecule has 1 fully saturated rings. The number of aromatic nitrogens is 1. The molecule has 1 saturated heterocycles. The molecule has 3 rings (SSSR count). The Morgan fingerprint density at radius 1 is 1.27 bits per heavy atom. The Morgan fingerprint density at radius 3 is 2.53 bits per heavy atom. The third-order valence-corrected chi connectivity index (χ3v) is 7.24. The smallest absolute Gasteiger partial charge is 0.248 e. The van der Waals surface area contributed by atoms with Gasteiger partial charge in [-0.15, -0.1) is 0 Å². The van der Waals surface area contributed by atoms with Gasteiger partial charge in [0.2, 0.25) is 15.9 Å². The fraction of sp³-hybridized carbons (Fsp3) is 0.500. The van der Waals surface area contributed by atoms with Gasteiger partial charge >= 0.3 is 0 Å². The van der Waals surface area contributed by atoms with Gasteiger partial charge in [0, 0.05) is 25.6 Å². The van der Waals surface area contributed by atoms with E-state index in [1.54, 1.807) is 26.0 Å². The molecule has 1 aromatic carbocycles. The molecule has 0 saturated carbocycles. The summed E-state index contributed by atoms with van der Waals surface area (Å²) in [5.74, 6) is 0.232. The summed E-state index contributed by atoms with van der Waals surface area (Å²) < 4.78 is 50.4. The molecule has 0 bridgehead atoms. The molecule has 1 amide bonds. The number of ether oxygens (including phenoxy) is 1. The van der Waals surface area contributed by atoms with E-state index in [1.165, 1.54) is 16.4 Å². The van der Waals surface area contributed by atoms with Gasteiger partial charge in [-0.1, -0.05) is 5.16 Å². The quantitative estimate of drug-likeness (QED) is 0.634. The van der Waals surface area contributed by atoms with Crippen molar-refractivity contribution < 1.29 is 26.9 Å². The minimum atomic E-state index is -3.68. The third kappa shape index (κ3) is 5.17. The number of carbonyl (C=O) groups is 1. The molecule has 10 heteroatoms. The first kappa shape index (κ1) is 22.2. The third-order valence-electron chi connectivity index (χ3n) is 5.09. The van der Waals surface area contributed by atoms with Crippen molar-refractivity contribution in [1.29, 1.82) is 0 Å². The van der Waals surface area contributed by atoms with Gasteiger partial charge < -0.3 is 14.6 Å². The number of amides is 1.